The van der Waals surface area contributed by atoms with Crippen molar-refractivity contribution in [1.82, 2.24) is 0 Å². The highest BCUT2D eigenvalue weighted by atomic mass is 16.7. The summed E-state index contributed by atoms with van der Waals surface area (Å²) in [5.41, 5.74) is 0. The second kappa shape index (κ2) is 73.5. The first-order chi connectivity index (χ1) is 39.3. The number of rotatable bonds is 74. The number of methoxy groups -OCH3 is 1. The van der Waals surface area contributed by atoms with Crippen molar-refractivity contribution in [2.75, 3.05) is 179 Å². The first-order valence-electron chi connectivity index (χ1n) is 32.9. The van der Waals surface area contributed by atoms with Crippen molar-refractivity contribution in [2.45, 2.75) is 239 Å². The molecule has 0 heterocycles. The lowest BCUT2D eigenvalue weighted by molar-refractivity contribution is -0.207. The molecule has 0 aromatic carbocycles. The lowest BCUT2D eigenvalue weighted by Gasteiger charge is -2.25. The second-order valence-electron chi connectivity index (χ2n) is 21.0. The standard InChI is InChI=1S/C64H130O15/c1-5-7-9-11-13-15-17-19-21-23-25-27-29-31-33-35-37-77-63(3)64(78-38-36-34-32-30-28-26-24-22-20-18-16-14-12-10-8-6-2)79-62-61-76-60-59-75-58-57-74-56-55-73-54-53-72-52-51-71-50-49-70-48-47-69-46-45-68-44-43-67-42-41-66-40-39-65-4/h63-64H,5-62H2,1-4H3/t63-,64?/m0/s1. The zero-order chi connectivity index (χ0) is 56.8. The average molecular weight is 1140 g/mol. The Bertz CT molecular complexity index is 1050. The lowest BCUT2D eigenvalue weighted by Crippen LogP contribution is -2.33. The lowest BCUT2D eigenvalue weighted by atomic mass is 10.0. The molecule has 79 heavy (non-hydrogen) atoms. The van der Waals surface area contributed by atoms with Gasteiger partial charge < -0.3 is 71.1 Å². The summed E-state index contributed by atoms with van der Waals surface area (Å²) < 4.78 is 84.9. The summed E-state index contributed by atoms with van der Waals surface area (Å²) in [6.45, 7) is 20.5. The summed E-state index contributed by atoms with van der Waals surface area (Å²) >= 11 is 0. The van der Waals surface area contributed by atoms with Gasteiger partial charge in [0.2, 0.25) is 0 Å². The van der Waals surface area contributed by atoms with Gasteiger partial charge in [-0.1, -0.05) is 206 Å². The van der Waals surface area contributed by atoms with E-state index in [-0.39, 0.29) is 6.10 Å². The summed E-state index contributed by atoms with van der Waals surface area (Å²) in [4.78, 5) is 0. The Hall–Kier alpha value is -0.600. The number of ether oxygens (including phenoxy) is 15. The van der Waals surface area contributed by atoms with Crippen molar-refractivity contribution in [3.8, 4) is 0 Å². The van der Waals surface area contributed by atoms with Crippen molar-refractivity contribution in [2.24, 2.45) is 0 Å². The highest BCUT2D eigenvalue weighted by Gasteiger charge is 2.19. The van der Waals surface area contributed by atoms with Crippen LogP contribution in [0.1, 0.15) is 226 Å². The quantitative estimate of drug-likeness (QED) is 0.0421. The van der Waals surface area contributed by atoms with E-state index in [1.165, 1.54) is 193 Å². The fourth-order valence-corrected chi connectivity index (χ4v) is 8.83. The van der Waals surface area contributed by atoms with Gasteiger partial charge in [0.05, 0.1) is 159 Å². The molecule has 2 atom stereocenters. The molecule has 0 aliphatic heterocycles. The molecule has 0 saturated carbocycles. The largest absolute Gasteiger partial charge is 0.382 e. The predicted octanol–water partition coefficient (Wildman–Crippen LogP) is 14.1. The van der Waals surface area contributed by atoms with E-state index in [2.05, 4.69) is 20.8 Å². The zero-order valence-electron chi connectivity index (χ0n) is 52.3. The van der Waals surface area contributed by atoms with Gasteiger partial charge in [0.1, 0.15) is 6.10 Å². The van der Waals surface area contributed by atoms with Gasteiger partial charge in [-0.15, -0.1) is 0 Å². The average Bonchev–Trinajstić information content (AvgIpc) is 3.45. The molecule has 0 radical (unpaired) electrons. The van der Waals surface area contributed by atoms with Gasteiger partial charge in [0.25, 0.3) is 0 Å². The monoisotopic (exact) mass is 1140 g/mol. The van der Waals surface area contributed by atoms with Crippen LogP contribution in [0.2, 0.25) is 0 Å². The third-order valence-electron chi connectivity index (χ3n) is 13.7. The Morgan fingerprint density at radius 2 is 0.367 bits per heavy atom. The minimum absolute atomic E-state index is 0.126. The first-order valence-corrected chi connectivity index (χ1v) is 32.9. The molecular formula is C64H130O15. The van der Waals surface area contributed by atoms with E-state index < -0.39 is 6.29 Å². The van der Waals surface area contributed by atoms with E-state index in [0.717, 1.165) is 19.4 Å². The molecule has 0 aliphatic rings. The molecule has 0 aromatic heterocycles. The molecule has 0 N–H and O–H groups in total. The van der Waals surface area contributed by atoms with Crippen LogP contribution in [0.25, 0.3) is 0 Å². The fourth-order valence-electron chi connectivity index (χ4n) is 8.83. The Balaban J connectivity index is 3.89. The molecule has 15 nitrogen and oxygen atoms in total. The van der Waals surface area contributed by atoms with Gasteiger partial charge in [0, 0.05) is 20.3 Å². The van der Waals surface area contributed by atoms with Gasteiger partial charge in [-0.2, -0.15) is 0 Å². The third kappa shape index (κ3) is 69.8. The van der Waals surface area contributed by atoms with E-state index in [4.69, 9.17) is 71.1 Å². The van der Waals surface area contributed by atoms with E-state index in [0.29, 0.717) is 165 Å². The van der Waals surface area contributed by atoms with Gasteiger partial charge in [-0.25, -0.2) is 0 Å². The zero-order valence-corrected chi connectivity index (χ0v) is 52.3. The number of hydrogen-bond donors (Lipinski definition) is 0. The van der Waals surface area contributed by atoms with Crippen molar-refractivity contribution in [3.63, 3.8) is 0 Å². The van der Waals surface area contributed by atoms with E-state index >= 15 is 0 Å². The number of hydrogen-bond acceptors (Lipinski definition) is 15. The van der Waals surface area contributed by atoms with Crippen LogP contribution in [0.4, 0.5) is 0 Å². The first kappa shape index (κ1) is 78.4. The summed E-state index contributed by atoms with van der Waals surface area (Å²) in [5, 5.41) is 0. The maximum Gasteiger partial charge on any atom is 0.183 e. The van der Waals surface area contributed by atoms with Crippen LogP contribution in [0.5, 0.6) is 0 Å². The summed E-state index contributed by atoms with van der Waals surface area (Å²) in [6.07, 6.45) is 43.1. The molecule has 1 unspecified atom stereocenters. The van der Waals surface area contributed by atoms with Crippen molar-refractivity contribution >= 4 is 0 Å². The van der Waals surface area contributed by atoms with Crippen molar-refractivity contribution in [1.29, 1.82) is 0 Å². The highest BCUT2D eigenvalue weighted by molar-refractivity contribution is 4.59. The fraction of sp³-hybridized carbons (Fsp3) is 1.00. The normalized spacial score (nSPS) is 12.6. The third-order valence-corrected chi connectivity index (χ3v) is 13.7. The summed E-state index contributed by atoms with van der Waals surface area (Å²) in [5.74, 6) is 0. The van der Waals surface area contributed by atoms with Crippen LogP contribution in [-0.4, -0.2) is 191 Å². The highest BCUT2D eigenvalue weighted by Crippen LogP contribution is 2.17. The van der Waals surface area contributed by atoms with Crippen LogP contribution in [-0.2, 0) is 71.1 Å². The van der Waals surface area contributed by atoms with Crippen LogP contribution >= 0.6 is 0 Å². The molecule has 0 amide bonds. The van der Waals surface area contributed by atoms with Gasteiger partial charge >= 0.3 is 0 Å². The maximum atomic E-state index is 6.31. The van der Waals surface area contributed by atoms with Gasteiger partial charge in [-0.3, -0.25) is 0 Å². The summed E-state index contributed by atoms with van der Waals surface area (Å²) in [7, 11) is 1.65. The Kier molecular flexibility index (Phi) is 72.9. The molecule has 0 bridgehead atoms. The maximum absolute atomic E-state index is 6.31. The molecule has 0 spiro atoms. The molecule has 0 fully saturated rings. The molecule has 0 rings (SSSR count). The molecule has 0 aromatic rings. The Morgan fingerprint density at radius 1 is 0.190 bits per heavy atom. The Morgan fingerprint density at radius 3 is 0.595 bits per heavy atom. The molecule has 15 heteroatoms. The molecule has 0 aliphatic carbocycles. The minimum Gasteiger partial charge on any atom is -0.382 e. The van der Waals surface area contributed by atoms with Gasteiger partial charge in [-0.05, 0) is 19.8 Å². The van der Waals surface area contributed by atoms with Crippen molar-refractivity contribution < 1.29 is 71.1 Å². The topological polar surface area (TPSA) is 138 Å². The van der Waals surface area contributed by atoms with Crippen LogP contribution < -0.4 is 0 Å². The smallest absolute Gasteiger partial charge is 0.183 e. The van der Waals surface area contributed by atoms with E-state index in [9.17, 15) is 0 Å². The van der Waals surface area contributed by atoms with E-state index in [1.807, 2.05) is 0 Å². The molecule has 0 saturated heterocycles. The van der Waals surface area contributed by atoms with Crippen LogP contribution in [0.3, 0.4) is 0 Å². The second-order valence-corrected chi connectivity index (χ2v) is 21.0. The van der Waals surface area contributed by atoms with Crippen molar-refractivity contribution in [3.05, 3.63) is 0 Å². The van der Waals surface area contributed by atoms with Crippen LogP contribution in [0, 0.1) is 0 Å². The predicted molar refractivity (Wildman–Crippen MR) is 321 cm³/mol. The van der Waals surface area contributed by atoms with Gasteiger partial charge in [0.15, 0.2) is 6.29 Å². The summed E-state index contributed by atoms with van der Waals surface area (Å²) in [6, 6.07) is 0. The molecule has 476 valence electrons. The molecular weight excluding hydrogens is 1010 g/mol. The van der Waals surface area contributed by atoms with E-state index in [1.54, 1.807) is 7.11 Å². The van der Waals surface area contributed by atoms with Crippen LogP contribution in [0.15, 0.2) is 0 Å². The SMILES string of the molecule is CCCCCCCCCCCCCCCCCCOC(OCCOCCOCCOCCOCCOCCOCCOCCOCCOCCOCCOCCOC)[C@H](C)OCCCCCCCCCCCCCCCCCC. The Labute approximate surface area is 486 Å². The minimum atomic E-state index is -0.390. The number of unbranched alkanes of at least 4 members (excludes halogenated alkanes) is 30.